The topological polar surface area (TPSA) is 99.7 Å². The van der Waals surface area contributed by atoms with Gasteiger partial charge in [-0.25, -0.2) is 8.42 Å². The second-order valence-electron chi connectivity index (χ2n) is 6.29. The Hall–Kier alpha value is -2.09. The fraction of sp³-hybridized carbons (Fsp3) is 0.529. The quantitative estimate of drug-likeness (QED) is 0.373. The highest BCUT2D eigenvalue weighted by Crippen LogP contribution is 2.28. The van der Waals surface area contributed by atoms with E-state index < -0.39 is 9.84 Å². The van der Waals surface area contributed by atoms with Crippen LogP contribution in [0.3, 0.4) is 0 Å². The maximum Gasteiger partial charge on any atom is 0.223 e. The number of hydrogen-bond acceptors (Lipinski definition) is 4. The first-order valence-electron chi connectivity index (χ1n) is 8.33. The SMILES string of the molecule is CN=C(NCCNC(=O)C1CC1)NCc1ccc(S(C)(=O)=O)c(C)c1. The number of aryl methyl sites for hydroxylation is 1. The molecule has 1 aromatic carbocycles. The van der Waals surface area contributed by atoms with E-state index in [2.05, 4.69) is 20.9 Å². The Kier molecular flexibility index (Phi) is 6.41. The molecule has 0 spiro atoms. The highest BCUT2D eigenvalue weighted by Gasteiger charge is 2.28. The molecule has 2 rings (SSSR count). The van der Waals surface area contributed by atoms with E-state index in [0.29, 0.717) is 30.5 Å². The predicted octanol–water partition coefficient (Wildman–Crippen LogP) is 0.590. The lowest BCUT2D eigenvalue weighted by molar-refractivity contribution is -0.122. The standard InChI is InChI=1S/C17H26N4O3S/c1-12-10-13(4-7-15(12)25(3,23)24)11-21-17(18-2)20-9-8-19-16(22)14-5-6-14/h4,7,10,14H,5-6,8-9,11H2,1-3H3,(H,19,22)(H2,18,20,21). The van der Waals surface area contributed by atoms with Crippen LogP contribution >= 0.6 is 0 Å². The van der Waals surface area contributed by atoms with Crippen molar-refractivity contribution in [1.82, 2.24) is 16.0 Å². The summed E-state index contributed by atoms with van der Waals surface area (Å²) < 4.78 is 23.3. The molecule has 0 unspecified atom stereocenters. The van der Waals surface area contributed by atoms with E-state index in [1.807, 2.05) is 6.07 Å². The lowest BCUT2D eigenvalue weighted by atomic mass is 10.1. The number of carbonyl (C=O) groups is 1. The molecule has 1 aliphatic rings. The van der Waals surface area contributed by atoms with Crippen molar-refractivity contribution < 1.29 is 13.2 Å². The van der Waals surface area contributed by atoms with Crippen LogP contribution in [0.1, 0.15) is 24.0 Å². The van der Waals surface area contributed by atoms with Gasteiger partial charge in [0.15, 0.2) is 15.8 Å². The van der Waals surface area contributed by atoms with Crippen molar-refractivity contribution in [2.75, 3.05) is 26.4 Å². The van der Waals surface area contributed by atoms with Crippen LogP contribution in [0.5, 0.6) is 0 Å². The summed E-state index contributed by atoms with van der Waals surface area (Å²) in [5, 5.41) is 9.19. The molecule has 1 saturated carbocycles. The Morgan fingerprint density at radius 2 is 1.88 bits per heavy atom. The zero-order valence-corrected chi connectivity index (χ0v) is 15.7. The molecule has 138 valence electrons. The number of nitrogens with one attached hydrogen (secondary N) is 3. The van der Waals surface area contributed by atoms with Crippen molar-refractivity contribution in [3.8, 4) is 0 Å². The molecule has 0 aliphatic heterocycles. The summed E-state index contributed by atoms with van der Waals surface area (Å²) in [6.45, 7) is 3.46. The number of aliphatic imine (C=N–C) groups is 1. The Bertz CT molecular complexity index is 755. The van der Waals surface area contributed by atoms with Crippen molar-refractivity contribution in [3.63, 3.8) is 0 Å². The zero-order chi connectivity index (χ0) is 18.4. The summed E-state index contributed by atoms with van der Waals surface area (Å²) in [4.78, 5) is 16.0. The number of sulfone groups is 1. The highest BCUT2D eigenvalue weighted by atomic mass is 32.2. The molecule has 3 N–H and O–H groups in total. The number of carbonyl (C=O) groups excluding carboxylic acids is 1. The van der Waals surface area contributed by atoms with Crippen LogP contribution in [0.4, 0.5) is 0 Å². The molecule has 0 atom stereocenters. The van der Waals surface area contributed by atoms with Gasteiger partial charge in [-0.3, -0.25) is 9.79 Å². The average Bonchev–Trinajstić information content (AvgIpc) is 3.37. The Balaban J connectivity index is 1.78. The third-order valence-electron chi connectivity index (χ3n) is 3.99. The first-order chi connectivity index (χ1) is 11.8. The van der Waals surface area contributed by atoms with E-state index in [-0.39, 0.29) is 11.8 Å². The van der Waals surface area contributed by atoms with Crippen molar-refractivity contribution in [1.29, 1.82) is 0 Å². The summed E-state index contributed by atoms with van der Waals surface area (Å²) in [6.07, 6.45) is 3.21. The van der Waals surface area contributed by atoms with E-state index in [1.165, 1.54) is 6.26 Å². The van der Waals surface area contributed by atoms with Gasteiger partial charge in [0.1, 0.15) is 0 Å². The number of amides is 1. The maximum atomic E-state index is 11.6. The number of guanidine groups is 1. The molecule has 1 aromatic rings. The van der Waals surface area contributed by atoms with Crippen LogP contribution < -0.4 is 16.0 Å². The van der Waals surface area contributed by atoms with Crippen molar-refractivity contribution in [2.24, 2.45) is 10.9 Å². The number of rotatable bonds is 7. The molecule has 0 bridgehead atoms. The maximum absolute atomic E-state index is 11.6. The average molecular weight is 366 g/mol. The molecule has 1 fully saturated rings. The minimum absolute atomic E-state index is 0.131. The summed E-state index contributed by atoms with van der Waals surface area (Å²) in [5.74, 6) is 0.979. The third-order valence-corrected chi connectivity index (χ3v) is 5.24. The minimum Gasteiger partial charge on any atom is -0.355 e. The van der Waals surface area contributed by atoms with Gasteiger partial charge in [0.25, 0.3) is 0 Å². The van der Waals surface area contributed by atoms with E-state index in [9.17, 15) is 13.2 Å². The number of benzene rings is 1. The van der Waals surface area contributed by atoms with Gasteiger partial charge in [0.2, 0.25) is 5.91 Å². The van der Waals surface area contributed by atoms with Crippen LogP contribution in [-0.2, 0) is 21.2 Å². The van der Waals surface area contributed by atoms with Gasteiger partial charge in [-0.1, -0.05) is 12.1 Å². The summed E-state index contributed by atoms with van der Waals surface area (Å²) in [6, 6.07) is 5.28. The van der Waals surface area contributed by atoms with Gasteiger partial charge >= 0.3 is 0 Å². The lowest BCUT2D eigenvalue weighted by Crippen LogP contribution is -2.41. The van der Waals surface area contributed by atoms with Crippen LogP contribution in [0.2, 0.25) is 0 Å². The van der Waals surface area contributed by atoms with Crippen LogP contribution in [0.15, 0.2) is 28.1 Å². The molecular formula is C17H26N4O3S. The monoisotopic (exact) mass is 366 g/mol. The van der Waals surface area contributed by atoms with E-state index >= 15 is 0 Å². The van der Waals surface area contributed by atoms with Crippen molar-refractivity contribution in [3.05, 3.63) is 29.3 Å². The molecule has 25 heavy (non-hydrogen) atoms. The van der Waals surface area contributed by atoms with Crippen LogP contribution in [0, 0.1) is 12.8 Å². The third kappa shape index (κ3) is 6.04. The zero-order valence-electron chi connectivity index (χ0n) is 14.9. The summed E-state index contributed by atoms with van der Waals surface area (Å²) in [5.41, 5.74) is 1.70. The largest absolute Gasteiger partial charge is 0.355 e. The molecule has 1 aliphatic carbocycles. The van der Waals surface area contributed by atoms with Gasteiger partial charge in [0, 0.05) is 38.9 Å². The summed E-state index contributed by atoms with van der Waals surface area (Å²) in [7, 11) is -1.52. The molecule has 0 radical (unpaired) electrons. The molecule has 0 aromatic heterocycles. The predicted molar refractivity (Wildman–Crippen MR) is 98.2 cm³/mol. The second-order valence-corrected chi connectivity index (χ2v) is 8.27. The van der Waals surface area contributed by atoms with Gasteiger partial charge in [-0.2, -0.15) is 0 Å². The Morgan fingerprint density at radius 3 is 2.44 bits per heavy atom. The molecule has 1 amide bonds. The van der Waals surface area contributed by atoms with Gasteiger partial charge in [0.05, 0.1) is 4.90 Å². The molecule has 8 heteroatoms. The molecule has 0 saturated heterocycles. The Morgan fingerprint density at radius 1 is 1.20 bits per heavy atom. The lowest BCUT2D eigenvalue weighted by Gasteiger charge is -2.13. The highest BCUT2D eigenvalue weighted by molar-refractivity contribution is 7.90. The van der Waals surface area contributed by atoms with E-state index in [0.717, 1.165) is 24.0 Å². The number of nitrogens with zero attached hydrogens (tertiary/aromatic N) is 1. The van der Waals surface area contributed by atoms with Crippen molar-refractivity contribution >= 4 is 21.7 Å². The first kappa shape index (κ1) is 19.2. The molecule has 7 nitrogen and oxygen atoms in total. The van der Waals surface area contributed by atoms with Gasteiger partial charge in [-0.15, -0.1) is 0 Å². The van der Waals surface area contributed by atoms with Crippen LogP contribution in [-0.4, -0.2) is 46.7 Å². The number of hydrogen-bond donors (Lipinski definition) is 3. The first-order valence-corrected chi connectivity index (χ1v) is 10.2. The Labute approximate surface area is 149 Å². The smallest absolute Gasteiger partial charge is 0.223 e. The normalized spacial score (nSPS) is 14.9. The van der Waals surface area contributed by atoms with Crippen molar-refractivity contribution in [2.45, 2.75) is 31.2 Å². The van der Waals surface area contributed by atoms with Gasteiger partial charge < -0.3 is 16.0 Å². The fourth-order valence-electron chi connectivity index (χ4n) is 2.50. The summed E-state index contributed by atoms with van der Waals surface area (Å²) >= 11 is 0. The molecular weight excluding hydrogens is 340 g/mol. The van der Waals surface area contributed by atoms with E-state index in [4.69, 9.17) is 0 Å². The van der Waals surface area contributed by atoms with E-state index in [1.54, 1.807) is 26.1 Å². The van der Waals surface area contributed by atoms with Crippen LogP contribution in [0.25, 0.3) is 0 Å². The van der Waals surface area contributed by atoms with Gasteiger partial charge in [-0.05, 0) is 37.0 Å². The minimum atomic E-state index is -3.20. The second kappa shape index (κ2) is 8.33. The fourth-order valence-corrected chi connectivity index (χ4v) is 3.46. The molecule has 0 heterocycles.